The lowest BCUT2D eigenvalue weighted by Gasteiger charge is -2.35. The molecule has 3 unspecified atom stereocenters. The Hall–Kier alpha value is 0.620. The molecule has 4 heteroatoms. The van der Waals surface area contributed by atoms with Gasteiger partial charge in [-0.2, -0.15) is 23.5 Å². The van der Waals surface area contributed by atoms with Crippen molar-refractivity contribution in [1.82, 2.24) is 5.32 Å². The van der Waals surface area contributed by atoms with E-state index in [0.29, 0.717) is 6.04 Å². The molecule has 0 amide bonds. The van der Waals surface area contributed by atoms with Crippen molar-refractivity contribution in [2.24, 2.45) is 0 Å². The molecule has 1 rings (SSSR count). The SMILES string of the molecule is CCC1SCCSC1C(CCCOC)NC. The van der Waals surface area contributed by atoms with Gasteiger partial charge < -0.3 is 10.1 Å². The van der Waals surface area contributed by atoms with Crippen LogP contribution in [-0.2, 0) is 4.74 Å². The highest BCUT2D eigenvalue weighted by Gasteiger charge is 2.30. The second-order valence-electron chi connectivity index (χ2n) is 4.18. The fourth-order valence-electron chi connectivity index (χ4n) is 2.23. The molecule has 0 aromatic carbocycles. The van der Waals surface area contributed by atoms with Crippen molar-refractivity contribution in [2.75, 3.05) is 32.3 Å². The van der Waals surface area contributed by atoms with E-state index in [-0.39, 0.29) is 0 Å². The summed E-state index contributed by atoms with van der Waals surface area (Å²) in [6.07, 6.45) is 3.70. The summed E-state index contributed by atoms with van der Waals surface area (Å²) in [6.45, 7) is 3.21. The third-order valence-electron chi connectivity index (χ3n) is 3.13. The Morgan fingerprint density at radius 1 is 1.38 bits per heavy atom. The van der Waals surface area contributed by atoms with Crippen LogP contribution in [-0.4, -0.2) is 48.8 Å². The molecule has 0 aromatic rings. The molecule has 1 N–H and O–H groups in total. The van der Waals surface area contributed by atoms with Crippen LogP contribution < -0.4 is 5.32 Å². The molecule has 96 valence electrons. The summed E-state index contributed by atoms with van der Waals surface area (Å²) in [5, 5.41) is 5.12. The van der Waals surface area contributed by atoms with Crippen molar-refractivity contribution >= 4 is 23.5 Å². The van der Waals surface area contributed by atoms with E-state index >= 15 is 0 Å². The lowest BCUT2D eigenvalue weighted by Crippen LogP contribution is -2.43. The second-order valence-corrected chi connectivity index (χ2v) is 6.82. The van der Waals surface area contributed by atoms with Crippen LogP contribution in [0.1, 0.15) is 26.2 Å². The molecule has 0 saturated carbocycles. The van der Waals surface area contributed by atoms with Gasteiger partial charge in [-0.25, -0.2) is 0 Å². The minimum Gasteiger partial charge on any atom is -0.385 e. The number of hydrogen-bond donors (Lipinski definition) is 1. The molecular weight excluding hydrogens is 238 g/mol. The average Bonchev–Trinajstić information content (AvgIpc) is 2.35. The molecule has 0 aliphatic carbocycles. The van der Waals surface area contributed by atoms with Gasteiger partial charge in [0.25, 0.3) is 0 Å². The van der Waals surface area contributed by atoms with E-state index in [9.17, 15) is 0 Å². The van der Waals surface area contributed by atoms with Gasteiger partial charge in [-0.1, -0.05) is 6.92 Å². The van der Waals surface area contributed by atoms with Gasteiger partial charge in [0.2, 0.25) is 0 Å². The number of methoxy groups -OCH3 is 1. The molecule has 1 heterocycles. The van der Waals surface area contributed by atoms with E-state index in [0.717, 1.165) is 17.1 Å². The Bertz CT molecular complexity index is 180. The summed E-state index contributed by atoms with van der Waals surface area (Å²) in [5.41, 5.74) is 0. The Balaban J connectivity index is 2.41. The van der Waals surface area contributed by atoms with Crippen LogP contribution in [0.15, 0.2) is 0 Å². The van der Waals surface area contributed by atoms with Crippen molar-refractivity contribution in [2.45, 2.75) is 42.7 Å². The van der Waals surface area contributed by atoms with Gasteiger partial charge in [0.1, 0.15) is 0 Å². The molecule has 0 spiro atoms. The van der Waals surface area contributed by atoms with E-state index in [1.54, 1.807) is 7.11 Å². The van der Waals surface area contributed by atoms with E-state index in [2.05, 4.69) is 42.8 Å². The lowest BCUT2D eigenvalue weighted by atomic mass is 10.0. The molecule has 1 aliphatic heterocycles. The number of rotatable bonds is 7. The van der Waals surface area contributed by atoms with Crippen LogP contribution in [0.5, 0.6) is 0 Å². The summed E-state index contributed by atoms with van der Waals surface area (Å²) in [7, 11) is 3.89. The first kappa shape index (κ1) is 14.7. The Kier molecular flexibility index (Phi) is 7.96. The standard InChI is InChI=1S/C12H25NOS2/c1-4-11-12(16-9-8-15-11)10(13-2)6-5-7-14-3/h10-13H,4-9H2,1-3H3. The maximum atomic E-state index is 5.14. The van der Waals surface area contributed by atoms with Crippen LogP contribution in [0.3, 0.4) is 0 Å². The molecule has 0 bridgehead atoms. The average molecular weight is 263 g/mol. The normalized spacial score (nSPS) is 27.9. The van der Waals surface area contributed by atoms with Gasteiger partial charge in [0, 0.05) is 41.8 Å². The first-order valence-electron chi connectivity index (χ1n) is 6.22. The summed E-state index contributed by atoms with van der Waals surface area (Å²) < 4.78 is 5.14. The fraction of sp³-hybridized carbons (Fsp3) is 1.00. The number of hydrogen-bond acceptors (Lipinski definition) is 4. The number of ether oxygens (including phenoxy) is 1. The van der Waals surface area contributed by atoms with Crippen LogP contribution in [0.25, 0.3) is 0 Å². The maximum absolute atomic E-state index is 5.14. The molecule has 1 fully saturated rings. The zero-order chi connectivity index (χ0) is 11.8. The smallest absolute Gasteiger partial charge is 0.0462 e. The lowest BCUT2D eigenvalue weighted by molar-refractivity contribution is 0.189. The van der Waals surface area contributed by atoms with Gasteiger partial charge in [-0.15, -0.1) is 0 Å². The summed E-state index contributed by atoms with van der Waals surface area (Å²) >= 11 is 4.32. The highest BCUT2D eigenvalue weighted by Crippen LogP contribution is 2.36. The van der Waals surface area contributed by atoms with Crippen molar-refractivity contribution in [3.8, 4) is 0 Å². The third-order valence-corrected chi connectivity index (χ3v) is 6.53. The zero-order valence-corrected chi connectivity index (χ0v) is 12.3. The molecular formula is C12H25NOS2. The zero-order valence-electron chi connectivity index (χ0n) is 10.7. The number of nitrogens with one attached hydrogen (secondary N) is 1. The number of thioether (sulfide) groups is 2. The van der Waals surface area contributed by atoms with Crippen molar-refractivity contribution in [3.05, 3.63) is 0 Å². The topological polar surface area (TPSA) is 21.3 Å². The molecule has 1 saturated heterocycles. The molecule has 1 aliphatic rings. The van der Waals surface area contributed by atoms with Gasteiger partial charge in [0.05, 0.1) is 0 Å². The molecule has 3 atom stereocenters. The highest BCUT2D eigenvalue weighted by atomic mass is 32.2. The predicted octanol–water partition coefficient (Wildman–Crippen LogP) is 2.63. The van der Waals surface area contributed by atoms with Crippen molar-refractivity contribution < 1.29 is 4.74 Å². The van der Waals surface area contributed by atoms with Crippen LogP contribution in [0.4, 0.5) is 0 Å². The van der Waals surface area contributed by atoms with Gasteiger partial charge in [0.15, 0.2) is 0 Å². The summed E-state index contributed by atoms with van der Waals surface area (Å²) in [6, 6.07) is 0.651. The third kappa shape index (κ3) is 4.47. The van der Waals surface area contributed by atoms with Crippen LogP contribution >= 0.6 is 23.5 Å². The molecule has 0 aromatic heterocycles. The van der Waals surface area contributed by atoms with E-state index in [1.165, 1.54) is 30.8 Å². The maximum Gasteiger partial charge on any atom is 0.0462 e. The Labute approximate surface area is 109 Å². The first-order valence-corrected chi connectivity index (χ1v) is 8.32. The largest absolute Gasteiger partial charge is 0.385 e. The monoisotopic (exact) mass is 263 g/mol. The molecule has 2 nitrogen and oxygen atoms in total. The Morgan fingerprint density at radius 3 is 2.75 bits per heavy atom. The van der Waals surface area contributed by atoms with Crippen LogP contribution in [0.2, 0.25) is 0 Å². The van der Waals surface area contributed by atoms with Gasteiger partial charge in [-0.3, -0.25) is 0 Å². The van der Waals surface area contributed by atoms with Crippen LogP contribution in [0, 0.1) is 0 Å². The Morgan fingerprint density at radius 2 is 2.12 bits per heavy atom. The molecule has 0 radical (unpaired) electrons. The van der Waals surface area contributed by atoms with Gasteiger partial charge >= 0.3 is 0 Å². The summed E-state index contributed by atoms with van der Waals surface area (Å²) in [5.74, 6) is 2.64. The predicted molar refractivity (Wildman–Crippen MR) is 76.7 cm³/mol. The first-order chi connectivity index (χ1) is 7.83. The van der Waals surface area contributed by atoms with E-state index in [1.807, 2.05) is 0 Å². The van der Waals surface area contributed by atoms with Crippen molar-refractivity contribution in [3.63, 3.8) is 0 Å². The minimum atomic E-state index is 0.651. The quantitative estimate of drug-likeness (QED) is 0.713. The van der Waals surface area contributed by atoms with Crippen molar-refractivity contribution in [1.29, 1.82) is 0 Å². The fourth-order valence-corrected chi connectivity index (χ4v) is 5.57. The van der Waals surface area contributed by atoms with Gasteiger partial charge in [-0.05, 0) is 26.3 Å². The molecule has 16 heavy (non-hydrogen) atoms. The highest BCUT2D eigenvalue weighted by molar-refractivity contribution is 8.07. The minimum absolute atomic E-state index is 0.651. The van der Waals surface area contributed by atoms with E-state index < -0.39 is 0 Å². The summed E-state index contributed by atoms with van der Waals surface area (Å²) in [4.78, 5) is 0. The van der Waals surface area contributed by atoms with E-state index in [4.69, 9.17) is 4.74 Å². The second kappa shape index (κ2) is 8.67.